The molecule has 160 valence electrons. The number of piperidine rings is 1. The summed E-state index contributed by atoms with van der Waals surface area (Å²) in [5, 5.41) is 0. The van der Waals surface area contributed by atoms with Crippen LogP contribution in [0.15, 0.2) is 12.5 Å². The molecule has 1 aromatic rings. The highest BCUT2D eigenvalue weighted by Crippen LogP contribution is 2.33. The Morgan fingerprint density at radius 3 is 2.69 bits per heavy atom. The Morgan fingerprint density at radius 2 is 2.00 bits per heavy atom. The minimum Gasteiger partial charge on any atom is -0.379 e. The van der Waals surface area contributed by atoms with Crippen LogP contribution in [-0.4, -0.2) is 94.6 Å². The lowest BCUT2D eigenvalue weighted by atomic mass is 10.0. The second kappa shape index (κ2) is 9.26. The number of rotatable bonds is 7. The molecule has 2 saturated heterocycles. The highest BCUT2D eigenvalue weighted by atomic mass is 16.5. The van der Waals surface area contributed by atoms with E-state index in [1.54, 1.807) is 17.1 Å². The number of ether oxygens (including phenoxy) is 1. The zero-order valence-corrected chi connectivity index (χ0v) is 17.5. The van der Waals surface area contributed by atoms with Crippen molar-refractivity contribution in [3.8, 4) is 0 Å². The Morgan fingerprint density at radius 1 is 1.21 bits per heavy atom. The van der Waals surface area contributed by atoms with Crippen molar-refractivity contribution in [2.24, 2.45) is 13.0 Å². The van der Waals surface area contributed by atoms with Gasteiger partial charge in [0.15, 0.2) is 0 Å². The van der Waals surface area contributed by atoms with Gasteiger partial charge in [-0.1, -0.05) is 0 Å². The monoisotopic (exact) mass is 403 g/mol. The third kappa shape index (κ3) is 5.17. The molecule has 0 aromatic carbocycles. The van der Waals surface area contributed by atoms with Gasteiger partial charge < -0.3 is 19.1 Å². The summed E-state index contributed by atoms with van der Waals surface area (Å²) in [7, 11) is 1.87. The molecule has 1 atom stereocenters. The number of imidazole rings is 1. The van der Waals surface area contributed by atoms with Crippen molar-refractivity contribution in [3.05, 3.63) is 18.2 Å². The van der Waals surface area contributed by atoms with Crippen LogP contribution in [0.2, 0.25) is 0 Å². The molecule has 0 spiro atoms. The minimum atomic E-state index is -0.0255. The van der Waals surface area contributed by atoms with Crippen molar-refractivity contribution in [1.82, 2.24) is 24.3 Å². The fraction of sp³-hybridized carbons (Fsp3) is 0.762. The first-order valence-corrected chi connectivity index (χ1v) is 11.0. The Labute approximate surface area is 172 Å². The molecule has 4 rings (SSSR count). The van der Waals surface area contributed by atoms with Crippen LogP contribution in [0, 0.1) is 5.92 Å². The van der Waals surface area contributed by atoms with Crippen LogP contribution in [0.4, 0.5) is 0 Å². The van der Waals surface area contributed by atoms with Crippen LogP contribution >= 0.6 is 0 Å². The Bertz CT molecular complexity index is 711. The van der Waals surface area contributed by atoms with Crippen LogP contribution in [0.5, 0.6) is 0 Å². The molecule has 3 fully saturated rings. The van der Waals surface area contributed by atoms with Crippen molar-refractivity contribution in [2.45, 2.75) is 38.1 Å². The van der Waals surface area contributed by atoms with Crippen molar-refractivity contribution in [2.75, 3.05) is 52.5 Å². The van der Waals surface area contributed by atoms with Crippen molar-refractivity contribution in [3.63, 3.8) is 0 Å². The molecule has 1 aliphatic carbocycles. The number of aryl methyl sites for hydroxylation is 1. The molecule has 2 amide bonds. The fourth-order valence-corrected chi connectivity index (χ4v) is 4.41. The molecule has 0 radical (unpaired) electrons. The van der Waals surface area contributed by atoms with Gasteiger partial charge in [0, 0.05) is 64.5 Å². The molecule has 3 aliphatic rings. The quantitative estimate of drug-likeness (QED) is 0.679. The largest absolute Gasteiger partial charge is 0.379 e. The average molecular weight is 404 g/mol. The van der Waals surface area contributed by atoms with E-state index in [-0.39, 0.29) is 17.9 Å². The minimum absolute atomic E-state index is 0.0255. The molecule has 29 heavy (non-hydrogen) atoms. The summed E-state index contributed by atoms with van der Waals surface area (Å²) in [4.78, 5) is 36.5. The Hall–Kier alpha value is -1.93. The zero-order chi connectivity index (χ0) is 20.2. The summed E-state index contributed by atoms with van der Waals surface area (Å²) < 4.78 is 7.22. The van der Waals surface area contributed by atoms with Crippen LogP contribution < -0.4 is 0 Å². The molecular formula is C21H33N5O3. The molecule has 1 saturated carbocycles. The first-order chi connectivity index (χ1) is 14.1. The summed E-state index contributed by atoms with van der Waals surface area (Å²) in [6.45, 7) is 6.70. The highest BCUT2D eigenvalue weighted by molar-refractivity contribution is 5.92. The molecule has 0 N–H and O–H groups in total. The number of likely N-dealkylation sites (tertiary alicyclic amines) is 1. The Kier molecular flexibility index (Phi) is 6.50. The smallest absolute Gasteiger partial charge is 0.274 e. The van der Waals surface area contributed by atoms with E-state index in [4.69, 9.17) is 4.74 Å². The molecule has 8 nitrogen and oxygen atoms in total. The number of nitrogens with zero attached hydrogens (tertiary/aromatic N) is 5. The van der Waals surface area contributed by atoms with Crippen LogP contribution in [0.1, 0.15) is 42.6 Å². The standard InChI is InChI=1S/C21H33N5O3/c1-23-15-19(22-16-23)21(28)25-8-2-4-18(14-25)26(20(27)17-5-6-17)9-3-7-24-10-12-29-13-11-24/h15-18H,2-14H2,1H3. The van der Waals surface area contributed by atoms with E-state index in [9.17, 15) is 9.59 Å². The van der Waals surface area contributed by atoms with E-state index < -0.39 is 0 Å². The SMILES string of the molecule is Cn1cnc(C(=O)N2CCCC(N(CCCN3CCOCC3)C(=O)C3CC3)C2)c1. The van der Waals surface area contributed by atoms with Crippen molar-refractivity contribution < 1.29 is 14.3 Å². The van der Waals surface area contributed by atoms with E-state index >= 15 is 0 Å². The molecular weight excluding hydrogens is 370 g/mol. The number of hydrogen-bond acceptors (Lipinski definition) is 5. The van der Waals surface area contributed by atoms with E-state index in [1.807, 2.05) is 11.9 Å². The van der Waals surface area contributed by atoms with Crippen molar-refractivity contribution in [1.29, 1.82) is 0 Å². The molecule has 1 unspecified atom stereocenters. The van der Waals surface area contributed by atoms with Gasteiger partial charge in [0.25, 0.3) is 5.91 Å². The summed E-state index contributed by atoms with van der Waals surface area (Å²) in [5.41, 5.74) is 0.487. The zero-order valence-electron chi connectivity index (χ0n) is 17.5. The van der Waals surface area contributed by atoms with Crippen molar-refractivity contribution >= 4 is 11.8 Å². The van der Waals surface area contributed by atoms with Gasteiger partial charge >= 0.3 is 0 Å². The number of carbonyl (C=O) groups is 2. The van der Waals surface area contributed by atoms with Crippen LogP contribution in [-0.2, 0) is 16.6 Å². The van der Waals surface area contributed by atoms with Gasteiger partial charge in [-0.15, -0.1) is 0 Å². The fourth-order valence-electron chi connectivity index (χ4n) is 4.41. The third-order valence-electron chi connectivity index (χ3n) is 6.24. The normalized spacial score (nSPS) is 23.2. The first-order valence-electron chi connectivity index (χ1n) is 11.0. The average Bonchev–Trinajstić information content (AvgIpc) is 3.52. The maximum atomic E-state index is 13.0. The van der Waals surface area contributed by atoms with Gasteiger partial charge in [0.05, 0.1) is 19.5 Å². The first kappa shape index (κ1) is 20.3. The summed E-state index contributed by atoms with van der Waals surface area (Å²) in [6, 6.07) is 0.120. The van der Waals surface area contributed by atoms with Gasteiger partial charge in [-0.05, 0) is 32.1 Å². The lowest BCUT2D eigenvalue weighted by Crippen LogP contribution is -2.52. The predicted octanol–water partition coefficient (Wildman–Crippen LogP) is 0.986. The van der Waals surface area contributed by atoms with E-state index in [1.165, 1.54) is 0 Å². The lowest BCUT2D eigenvalue weighted by Gasteiger charge is -2.40. The summed E-state index contributed by atoms with van der Waals surface area (Å²) in [6.07, 6.45) is 8.33. The maximum Gasteiger partial charge on any atom is 0.274 e. The molecule has 1 aromatic heterocycles. The number of morpholine rings is 1. The number of amides is 2. The summed E-state index contributed by atoms with van der Waals surface area (Å²) >= 11 is 0. The van der Waals surface area contributed by atoms with Gasteiger partial charge in [-0.25, -0.2) is 4.98 Å². The maximum absolute atomic E-state index is 13.0. The highest BCUT2D eigenvalue weighted by Gasteiger charge is 2.38. The number of aromatic nitrogens is 2. The predicted molar refractivity (Wildman–Crippen MR) is 108 cm³/mol. The van der Waals surface area contributed by atoms with E-state index in [0.29, 0.717) is 18.1 Å². The topological polar surface area (TPSA) is 70.9 Å². The van der Waals surface area contributed by atoms with Crippen LogP contribution in [0.25, 0.3) is 0 Å². The van der Waals surface area contributed by atoms with Gasteiger partial charge in [0.2, 0.25) is 5.91 Å². The van der Waals surface area contributed by atoms with Crippen LogP contribution in [0.3, 0.4) is 0 Å². The number of hydrogen-bond donors (Lipinski definition) is 0. The molecule has 0 bridgehead atoms. The lowest BCUT2D eigenvalue weighted by molar-refractivity contribution is -0.136. The van der Waals surface area contributed by atoms with Gasteiger partial charge in [-0.3, -0.25) is 14.5 Å². The second-order valence-corrected chi connectivity index (χ2v) is 8.59. The van der Waals surface area contributed by atoms with E-state index in [0.717, 1.165) is 78.0 Å². The number of carbonyl (C=O) groups excluding carboxylic acids is 2. The summed E-state index contributed by atoms with van der Waals surface area (Å²) in [5.74, 6) is 0.479. The third-order valence-corrected chi connectivity index (χ3v) is 6.24. The molecule has 3 heterocycles. The van der Waals surface area contributed by atoms with Gasteiger partial charge in [-0.2, -0.15) is 0 Å². The Balaban J connectivity index is 1.36. The van der Waals surface area contributed by atoms with Gasteiger partial charge in [0.1, 0.15) is 5.69 Å². The molecule has 8 heteroatoms. The molecule has 2 aliphatic heterocycles. The van der Waals surface area contributed by atoms with E-state index in [2.05, 4.69) is 14.8 Å². The second-order valence-electron chi connectivity index (χ2n) is 8.59.